The van der Waals surface area contributed by atoms with Gasteiger partial charge in [-0.25, -0.2) is 0 Å². The van der Waals surface area contributed by atoms with E-state index in [1.165, 1.54) is 36.1 Å². The summed E-state index contributed by atoms with van der Waals surface area (Å²) in [6.07, 6.45) is 4.01. The first kappa shape index (κ1) is 18.7. The zero-order valence-electron chi connectivity index (χ0n) is 17.8. The van der Waals surface area contributed by atoms with Crippen molar-refractivity contribution < 1.29 is 4.79 Å². The second-order valence-electron chi connectivity index (χ2n) is 9.54. The summed E-state index contributed by atoms with van der Waals surface area (Å²) in [5, 5.41) is 6.97. The summed E-state index contributed by atoms with van der Waals surface area (Å²) in [7, 11) is 0. The topological polar surface area (TPSA) is 41.1 Å². The number of aryl methyl sites for hydroxylation is 1. The number of carbonyl (C=O) groups excluding carboxylic acids is 1. The second kappa shape index (κ2) is 7.26. The maximum absolute atomic E-state index is 13.1. The van der Waals surface area contributed by atoms with Crippen molar-refractivity contribution in [1.29, 1.82) is 0 Å². The van der Waals surface area contributed by atoms with E-state index >= 15 is 0 Å². The number of rotatable bonds is 3. The fraction of sp³-hybridized carbons (Fsp3) is 0.321. The number of amides is 1. The van der Waals surface area contributed by atoms with Crippen LogP contribution in [-0.4, -0.2) is 5.91 Å². The number of carbonyl (C=O) groups is 1. The average molecular weight is 409 g/mol. The van der Waals surface area contributed by atoms with Crippen molar-refractivity contribution in [3.05, 3.63) is 95.1 Å². The van der Waals surface area contributed by atoms with E-state index in [0.717, 1.165) is 28.7 Å². The van der Waals surface area contributed by atoms with E-state index in [1.54, 1.807) is 0 Å². The molecule has 1 aliphatic heterocycles. The maximum Gasteiger partial charge on any atom is 0.255 e. The minimum Gasteiger partial charge on any atom is -0.378 e. The molecule has 3 aromatic carbocycles. The lowest BCUT2D eigenvalue weighted by Crippen LogP contribution is -2.35. The molecule has 0 saturated heterocycles. The third-order valence-electron chi connectivity index (χ3n) is 7.90. The highest BCUT2D eigenvalue weighted by Crippen LogP contribution is 2.63. The van der Waals surface area contributed by atoms with Crippen molar-refractivity contribution in [2.75, 3.05) is 10.6 Å². The number of hydrogen-bond donors (Lipinski definition) is 2. The molecule has 31 heavy (non-hydrogen) atoms. The van der Waals surface area contributed by atoms with Crippen LogP contribution in [-0.2, 0) is 0 Å². The number of hydrogen-bond acceptors (Lipinski definition) is 2. The van der Waals surface area contributed by atoms with Gasteiger partial charge in [-0.1, -0.05) is 48.5 Å². The third kappa shape index (κ3) is 3.06. The van der Waals surface area contributed by atoms with Crippen LogP contribution >= 0.6 is 0 Å². The molecule has 2 bridgehead atoms. The highest BCUT2D eigenvalue weighted by Gasteiger charge is 2.53. The predicted octanol–water partition coefficient (Wildman–Crippen LogP) is 6.54. The van der Waals surface area contributed by atoms with E-state index < -0.39 is 0 Å². The summed E-state index contributed by atoms with van der Waals surface area (Å²) in [5.74, 6) is 2.67. The molecule has 3 aliphatic rings. The summed E-state index contributed by atoms with van der Waals surface area (Å²) >= 11 is 0. The standard InChI is InChI=1S/C28H28N2O/c1-17-7-5-6-10-23(17)30-28(31)21-13-14-24-22(16-21)25-19-11-12-20(15-19)26(25)27(29-24)18-8-3-2-4-9-18/h2-10,13-14,16,19-20,25-27,29H,11-12,15H2,1H3,(H,30,31)/t19-,20-,25-,26+,27+/m1/s1. The van der Waals surface area contributed by atoms with Gasteiger partial charge >= 0.3 is 0 Å². The molecule has 2 aliphatic carbocycles. The number of nitrogens with one attached hydrogen (secondary N) is 2. The third-order valence-corrected chi connectivity index (χ3v) is 7.90. The van der Waals surface area contributed by atoms with Crippen molar-refractivity contribution in [3.8, 4) is 0 Å². The average Bonchev–Trinajstić information content (AvgIpc) is 3.43. The summed E-state index contributed by atoms with van der Waals surface area (Å²) in [5.41, 5.74) is 6.65. The van der Waals surface area contributed by atoms with Crippen molar-refractivity contribution in [2.24, 2.45) is 17.8 Å². The van der Waals surface area contributed by atoms with E-state index in [2.05, 4.69) is 53.1 Å². The zero-order valence-corrected chi connectivity index (χ0v) is 17.8. The number of benzene rings is 3. The van der Waals surface area contributed by atoms with E-state index in [9.17, 15) is 4.79 Å². The molecular weight excluding hydrogens is 380 g/mol. The first-order chi connectivity index (χ1) is 15.2. The van der Waals surface area contributed by atoms with Gasteiger partial charge in [-0.15, -0.1) is 0 Å². The molecule has 2 N–H and O–H groups in total. The molecule has 0 spiro atoms. The highest BCUT2D eigenvalue weighted by atomic mass is 16.1. The molecule has 0 unspecified atom stereocenters. The number of anilines is 2. The van der Waals surface area contributed by atoms with Crippen LogP contribution in [0, 0.1) is 24.7 Å². The quantitative estimate of drug-likeness (QED) is 0.516. The van der Waals surface area contributed by atoms with Gasteiger partial charge in [0.2, 0.25) is 0 Å². The van der Waals surface area contributed by atoms with Gasteiger partial charge in [0, 0.05) is 16.9 Å². The largest absolute Gasteiger partial charge is 0.378 e. The molecule has 3 nitrogen and oxygen atoms in total. The van der Waals surface area contributed by atoms with Gasteiger partial charge in [0.05, 0.1) is 6.04 Å². The molecule has 0 aromatic heterocycles. The van der Waals surface area contributed by atoms with Gasteiger partial charge in [-0.05, 0) is 90.8 Å². The second-order valence-corrected chi connectivity index (χ2v) is 9.54. The number of para-hydroxylation sites is 1. The molecule has 1 heterocycles. The monoisotopic (exact) mass is 408 g/mol. The molecule has 3 aromatic rings. The first-order valence-corrected chi connectivity index (χ1v) is 11.5. The van der Waals surface area contributed by atoms with Gasteiger partial charge in [-0.3, -0.25) is 4.79 Å². The number of fused-ring (bicyclic) bond motifs is 7. The lowest BCUT2D eigenvalue weighted by Gasteiger charge is -2.43. The minimum atomic E-state index is -0.0259. The van der Waals surface area contributed by atoms with E-state index in [4.69, 9.17) is 0 Å². The van der Waals surface area contributed by atoms with Gasteiger partial charge in [0.1, 0.15) is 0 Å². The predicted molar refractivity (Wildman–Crippen MR) is 125 cm³/mol. The van der Waals surface area contributed by atoms with Crippen molar-refractivity contribution >= 4 is 17.3 Å². The van der Waals surface area contributed by atoms with Crippen LogP contribution in [0.15, 0.2) is 72.8 Å². The highest BCUT2D eigenvalue weighted by molar-refractivity contribution is 6.05. The Morgan fingerprint density at radius 3 is 2.55 bits per heavy atom. The summed E-state index contributed by atoms with van der Waals surface area (Å²) in [6.45, 7) is 2.02. The van der Waals surface area contributed by atoms with E-state index in [-0.39, 0.29) is 5.91 Å². The SMILES string of the molecule is Cc1ccccc1NC(=O)c1ccc2c(c1)[C@H]1[C@@H]3CC[C@H](C3)[C@@H]1[C@H](c1ccccc1)N2. The Kier molecular flexibility index (Phi) is 4.38. The normalized spacial score (nSPS) is 27.8. The summed E-state index contributed by atoms with van der Waals surface area (Å²) in [6, 6.07) is 25.5. The molecule has 2 saturated carbocycles. The Bertz CT molecular complexity index is 1140. The van der Waals surface area contributed by atoms with Crippen LogP contribution in [0.25, 0.3) is 0 Å². The molecule has 0 radical (unpaired) electrons. The van der Waals surface area contributed by atoms with Crippen LogP contribution in [0.2, 0.25) is 0 Å². The van der Waals surface area contributed by atoms with E-state index in [0.29, 0.717) is 17.9 Å². The van der Waals surface area contributed by atoms with Crippen LogP contribution in [0.5, 0.6) is 0 Å². The Morgan fingerprint density at radius 2 is 1.71 bits per heavy atom. The van der Waals surface area contributed by atoms with Gasteiger partial charge in [-0.2, -0.15) is 0 Å². The fourth-order valence-corrected chi connectivity index (χ4v) is 6.53. The minimum absolute atomic E-state index is 0.0259. The zero-order chi connectivity index (χ0) is 20.9. The Labute approximate surface area is 183 Å². The van der Waals surface area contributed by atoms with E-state index in [1.807, 2.05) is 37.3 Å². The van der Waals surface area contributed by atoms with Gasteiger partial charge < -0.3 is 10.6 Å². The molecule has 1 amide bonds. The Hall–Kier alpha value is -3.07. The summed E-state index contributed by atoms with van der Waals surface area (Å²) in [4.78, 5) is 13.1. The summed E-state index contributed by atoms with van der Waals surface area (Å²) < 4.78 is 0. The van der Waals surface area contributed by atoms with Crippen LogP contribution in [0.4, 0.5) is 11.4 Å². The first-order valence-electron chi connectivity index (χ1n) is 11.5. The van der Waals surface area contributed by atoms with Crippen LogP contribution in [0.1, 0.15) is 58.3 Å². The van der Waals surface area contributed by atoms with Crippen molar-refractivity contribution in [3.63, 3.8) is 0 Å². The lowest BCUT2D eigenvalue weighted by atomic mass is 9.68. The molecule has 2 fully saturated rings. The Morgan fingerprint density at radius 1 is 0.935 bits per heavy atom. The molecule has 156 valence electrons. The molecule has 3 heteroatoms. The van der Waals surface area contributed by atoms with Crippen molar-refractivity contribution in [1.82, 2.24) is 0 Å². The maximum atomic E-state index is 13.1. The van der Waals surface area contributed by atoms with Gasteiger partial charge in [0.25, 0.3) is 5.91 Å². The molecule has 5 atom stereocenters. The Balaban J connectivity index is 1.36. The smallest absolute Gasteiger partial charge is 0.255 e. The lowest BCUT2D eigenvalue weighted by molar-refractivity contribution is 0.102. The fourth-order valence-electron chi connectivity index (χ4n) is 6.53. The molecule has 6 rings (SSSR count). The van der Waals surface area contributed by atoms with Gasteiger partial charge in [0.15, 0.2) is 0 Å². The van der Waals surface area contributed by atoms with Crippen LogP contribution in [0.3, 0.4) is 0 Å². The van der Waals surface area contributed by atoms with Crippen LogP contribution < -0.4 is 10.6 Å². The molecular formula is C28H28N2O. The van der Waals surface area contributed by atoms with Crippen molar-refractivity contribution in [2.45, 2.75) is 38.1 Å².